The number of nitrogens with one attached hydrogen (secondary N) is 1. The molecule has 0 aliphatic carbocycles. The number of para-hydroxylation sites is 1. The Kier molecular flexibility index (Phi) is 7.95. The summed E-state index contributed by atoms with van der Waals surface area (Å²) >= 11 is 0. The van der Waals surface area contributed by atoms with E-state index in [0.717, 1.165) is 9.87 Å². The molecule has 0 spiro atoms. The van der Waals surface area contributed by atoms with Crippen molar-refractivity contribution in [2.45, 2.75) is 17.7 Å². The van der Waals surface area contributed by atoms with E-state index in [1.165, 1.54) is 32.4 Å². The number of sulfonamides is 1. The van der Waals surface area contributed by atoms with Crippen molar-refractivity contribution in [3.8, 4) is 11.5 Å². The first-order chi connectivity index (χ1) is 15.9. The minimum Gasteiger partial charge on any atom is -0.493 e. The van der Waals surface area contributed by atoms with Gasteiger partial charge in [0.1, 0.15) is 6.54 Å². The third-order valence-corrected chi connectivity index (χ3v) is 7.02. The van der Waals surface area contributed by atoms with Crippen molar-refractivity contribution >= 4 is 21.6 Å². The van der Waals surface area contributed by atoms with Gasteiger partial charge in [0.25, 0.3) is 10.0 Å². The predicted molar refractivity (Wildman–Crippen MR) is 128 cm³/mol. The van der Waals surface area contributed by atoms with Gasteiger partial charge < -0.3 is 14.8 Å². The molecule has 1 amide bonds. The maximum Gasteiger partial charge on any atom is 0.264 e. The molecule has 0 saturated heterocycles. The lowest BCUT2D eigenvalue weighted by Gasteiger charge is -2.25. The number of benzene rings is 3. The second kappa shape index (κ2) is 10.9. The minimum atomic E-state index is -4.06. The van der Waals surface area contributed by atoms with Crippen molar-refractivity contribution in [3.05, 3.63) is 84.4 Å². The van der Waals surface area contributed by atoms with Crippen LogP contribution >= 0.6 is 0 Å². The van der Waals surface area contributed by atoms with Crippen molar-refractivity contribution in [2.75, 3.05) is 31.6 Å². The summed E-state index contributed by atoms with van der Waals surface area (Å²) in [4.78, 5) is 12.8. The van der Waals surface area contributed by atoms with E-state index >= 15 is 0 Å². The maximum absolute atomic E-state index is 13.5. The summed E-state index contributed by atoms with van der Waals surface area (Å²) in [5.74, 6) is 0.386. The molecule has 0 fully saturated rings. The van der Waals surface area contributed by atoms with Gasteiger partial charge >= 0.3 is 0 Å². The van der Waals surface area contributed by atoms with E-state index in [-0.39, 0.29) is 23.1 Å². The van der Waals surface area contributed by atoms with Crippen LogP contribution in [0.4, 0.5) is 5.69 Å². The van der Waals surface area contributed by atoms with Crippen LogP contribution in [-0.4, -0.2) is 41.6 Å². The Balaban J connectivity index is 1.84. The summed E-state index contributed by atoms with van der Waals surface area (Å²) < 4.78 is 38.6. The van der Waals surface area contributed by atoms with E-state index in [1.807, 2.05) is 37.3 Å². The molecule has 0 heterocycles. The Labute approximate surface area is 195 Å². The van der Waals surface area contributed by atoms with Crippen LogP contribution in [0.2, 0.25) is 0 Å². The molecule has 8 heteroatoms. The zero-order valence-corrected chi connectivity index (χ0v) is 19.7. The first-order valence-corrected chi connectivity index (χ1v) is 11.9. The van der Waals surface area contributed by atoms with E-state index in [4.69, 9.17) is 9.47 Å². The van der Waals surface area contributed by atoms with Crippen LogP contribution in [0.25, 0.3) is 0 Å². The summed E-state index contributed by atoms with van der Waals surface area (Å²) in [6, 6.07) is 22.7. The number of hydrogen-bond acceptors (Lipinski definition) is 5. The fourth-order valence-corrected chi connectivity index (χ4v) is 4.80. The van der Waals surface area contributed by atoms with Gasteiger partial charge in [-0.15, -0.1) is 0 Å². The molecule has 33 heavy (non-hydrogen) atoms. The number of ether oxygens (including phenoxy) is 2. The van der Waals surface area contributed by atoms with Crippen LogP contribution in [0.3, 0.4) is 0 Å². The standard InChI is InChI=1S/C25H28N2O5S/c1-19(20-10-6-4-7-11-20)17-26-25(28)18-27(21-12-8-5-9-13-21)33(29,30)22-14-15-23(31-2)24(16-22)32-3/h4-16,19H,17-18H2,1-3H3,(H,26,28). The van der Waals surface area contributed by atoms with Crippen LogP contribution in [0.5, 0.6) is 11.5 Å². The second-order valence-electron chi connectivity index (χ2n) is 7.48. The Morgan fingerprint density at radius 1 is 0.909 bits per heavy atom. The predicted octanol–water partition coefficient (Wildman–Crippen LogP) is 3.82. The number of hydrogen-bond donors (Lipinski definition) is 1. The molecule has 0 bridgehead atoms. The number of rotatable bonds is 10. The van der Waals surface area contributed by atoms with Gasteiger partial charge in [-0.05, 0) is 35.7 Å². The van der Waals surface area contributed by atoms with E-state index in [2.05, 4.69) is 5.32 Å². The largest absolute Gasteiger partial charge is 0.493 e. The molecular weight excluding hydrogens is 440 g/mol. The molecule has 1 atom stereocenters. The quantitative estimate of drug-likeness (QED) is 0.489. The first-order valence-electron chi connectivity index (χ1n) is 10.5. The molecule has 0 radical (unpaired) electrons. The normalized spacial score (nSPS) is 12.0. The zero-order valence-electron chi connectivity index (χ0n) is 18.9. The van der Waals surface area contributed by atoms with E-state index in [1.54, 1.807) is 30.3 Å². The van der Waals surface area contributed by atoms with Crippen LogP contribution in [0.15, 0.2) is 83.8 Å². The number of methoxy groups -OCH3 is 2. The Bertz CT molecular complexity index is 1170. The van der Waals surface area contributed by atoms with E-state index in [9.17, 15) is 13.2 Å². The highest BCUT2D eigenvalue weighted by Gasteiger charge is 2.28. The summed E-state index contributed by atoms with van der Waals surface area (Å²) in [6.45, 7) is 2.04. The van der Waals surface area contributed by atoms with Gasteiger partial charge in [0.2, 0.25) is 5.91 Å². The molecule has 7 nitrogen and oxygen atoms in total. The van der Waals surface area contributed by atoms with Gasteiger partial charge in [0.15, 0.2) is 11.5 Å². The van der Waals surface area contributed by atoms with Crippen LogP contribution in [-0.2, 0) is 14.8 Å². The molecule has 3 aromatic rings. The average Bonchev–Trinajstić information content (AvgIpc) is 2.86. The Morgan fingerprint density at radius 3 is 2.12 bits per heavy atom. The third-order valence-electron chi connectivity index (χ3n) is 5.25. The topological polar surface area (TPSA) is 84.9 Å². The highest BCUT2D eigenvalue weighted by molar-refractivity contribution is 7.92. The van der Waals surface area contributed by atoms with Gasteiger partial charge in [-0.3, -0.25) is 9.10 Å². The summed E-state index contributed by atoms with van der Waals surface area (Å²) in [7, 11) is -1.15. The summed E-state index contributed by atoms with van der Waals surface area (Å²) in [5, 5.41) is 2.86. The number of carbonyl (C=O) groups excluding carboxylic acids is 1. The van der Waals surface area contributed by atoms with E-state index in [0.29, 0.717) is 18.0 Å². The van der Waals surface area contributed by atoms with E-state index < -0.39 is 15.9 Å². The van der Waals surface area contributed by atoms with Crippen molar-refractivity contribution in [2.24, 2.45) is 0 Å². The number of anilines is 1. The van der Waals surface area contributed by atoms with Gasteiger partial charge in [0.05, 0.1) is 24.8 Å². The highest BCUT2D eigenvalue weighted by atomic mass is 32.2. The molecule has 3 aromatic carbocycles. The van der Waals surface area contributed by atoms with Crippen molar-refractivity contribution in [1.29, 1.82) is 0 Å². The van der Waals surface area contributed by atoms with Crippen molar-refractivity contribution in [1.82, 2.24) is 5.32 Å². The Morgan fingerprint density at radius 2 is 1.52 bits per heavy atom. The van der Waals surface area contributed by atoms with Gasteiger partial charge in [-0.2, -0.15) is 0 Å². The third kappa shape index (κ3) is 5.84. The van der Waals surface area contributed by atoms with Crippen LogP contribution in [0, 0.1) is 0 Å². The van der Waals surface area contributed by atoms with Gasteiger partial charge in [-0.25, -0.2) is 8.42 Å². The van der Waals surface area contributed by atoms with Crippen LogP contribution in [0.1, 0.15) is 18.4 Å². The summed E-state index contributed by atoms with van der Waals surface area (Å²) in [5.41, 5.74) is 1.48. The van der Waals surface area contributed by atoms with Crippen LogP contribution < -0.4 is 19.1 Å². The number of nitrogens with zero attached hydrogens (tertiary/aromatic N) is 1. The molecule has 0 saturated carbocycles. The molecule has 0 aromatic heterocycles. The SMILES string of the molecule is COc1ccc(S(=O)(=O)N(CC(=O)NCC(C)c2ccccc2)c2ccccc2)cc1OC. The monoisotopic (exact) mass is 468 g/mol. The first kappa shape index (κ1) is 24.1. The molecule has 1 N–H and O–H groups in total. The van der Waals surface area contributed by atoms with Crippen molar-refractivity contribution < 1.29 is 22.7 Å². The number of amides is 1. The fraction of sp³-hybridized carbons (Fsp3) is 0.240. The number of carbonyl (C=O) groups is 1. The molecule has 0 aliphatic rings. The summed E-state index contributed by atoms with van der Waals surface area (Å²) in [6.07, 6.45) is 0. The molecule has 3 rings (SSSR count). The lowest BCUT2D eigenvalue weighted by atomic mass is 10.0. The molecule has 174 valence electrons. The average molecular weight is 469 g/mol. The Hall–Kier alpha value is -3.52. The molecule has 1 unspecified atom stereocenters. The van der Waals surface area contributed by atoms with Gasteiger partial charge in [-0.1, -0.05) is 55.5 Å². The highest BCUT2D eigenvalue weighted by Crippen LogP contribution is 2.32. The lowest BCUT2D eigenvalue weighted by molar-refractivity contribution is -0.119. The molecule has 0 aliphatic heterocycles. The fourth-order valence-electron chi connectivity index (χ4n) is 3.37. The second-order valence-corrected chi connectivity index (χ2v) is 9.34. The van der Waals surface area contributed by atoms with Gasteiger partial charge in [0, 0.05) is 12.6 Å². The maximum atomic E-state index is 13.5. The molecular formula is C25H28N2O5S. The van der Waals surface area contributed by atoms with Crippen molar-refractivity contribution in [3.63, 3.8) is 0 Å². The zero-order chi connectivity index (χ0) is 23.8. The lowest BCUT2D eigenvalue weighted by Crippen LogP contribution is -2.41. The smallest absolute Gasteiger partial charge is 0.264 e. The minimum absolute atomic E-state index is 0.00513.